The molecule has 18 nitrogen and oxygen atoms in total. The van der Waals surface area contributed by atoms with Crippen molar-refractivity contribution in [2.24, 2.45) is 29.6 Å². The maximum Gasteiger partial charge on any atom is 0.265 e. The summed E-state index contributed by atoms with van der Waals surface area (Å²) in [7, 11) is 0. The van der Waals surface area contributed by atoms with Crippen LogP contribution in [0.3, 0.4) is 0 Å². The number of hydrogen-bond acceptors (Lipinski definition) is 18. The van der Waals surface area contributed by atoms with Gasteiger partial charge < -0.3 is 26.6 Å². The quantitative estimate of drug-likeness (QED) is 0.0183. The van der Waals surface area contributed by atoms with E-state index >= 15 is 0 Å². The zero-order valence-electron chi connectivity index (χ0n) is 83.8. The topological polar surface area (TPSA) is 278 Å². The van der Waals surface area contributed by atoms with Gasteiger partial charge in [0, 0.05) is 149 Å². The molecule has 147 heavy (non-hydrogen) atoms. The molecule has 9 aromatic carbocycles. The highest BCUT2D eigenvalue weighted by Crippen LogP contribution is 2.42. The highest BCUT2D eigenvalue weighted by Gasteiger charge is 2.31. The zero-order valence-corrected chi connectivity index (χ0v) is 87.9. The molecule has 0 spiro atoms. The maximum atomic E-state index is 13.3. The van der Waals surface area contributed by atoms with Crippen molar-refractivity contribution >= 4 is 155 Å². The minimum Gasteiger partial charge on any atom is -0.321 e. The molecule has 0 aliphatic heterocycles. The molecule has 5 fully saturated rings. The molecule has 0 unspecified atom stereocenters. The van der Waals surface area contributed by atoms with Gasteiger partial charge in [0.15, 0.2) is 40.5 Å². The summed E-state index contributed by atoms with van der Waals surface area (Å²) in [5.41, 5.74) is 20.0. The molecule has 0 saturated heterocycles. The number of anilines is 5. The molecular weight excluding hydrogens is 1930 g/mol. The molecule has 6 aromatic heterocycles. The van der Waals surface area contributed by atoms with E-state index in [-0.39, 0.29) is 70.0 Å². The summed E-state index contributed by atoms with van der Waals surface area (Å²) in [5, 5.41) is 14.8. The Morgan fingerprint density at radius 3 is 0.782 bits per heavy atom. The Hall–Kier alpha value is -14.4. The Bertz CT molecular complexity index is 7290. The number of aryl methyl sites for hydroxylation is 7. The van der Waals surface area contributed by atoms with Gasteiger partial charge in [0.1, 0.15) is 0 Å². The van der Waals surface area contributed by atoms with Crippen LogP contribution in [0.1, 0.15) is 289 Å². The van der Waals surface area contributed by atoms with Gasteiger partial charge in [0.25, 0.3) is 29.5 Å². The SMILES string of the molecule is CCC(=O)c1ccc(-c2ccc(C(=O)Nc3cc(C(=O)CC4CC4)ccc3C)s2)cc1.CCCC(=O)c1ccc(-c2ccc(C(=O)Nc3cc(C(=O)CC4CC4)ccc3C)s2)cc1.Cc1ccc(-c2ccc(C(=O)Nc3cc(C(=O)CC4CC4)ccc3C)s2)cc1.Cc1ccc(C(=O)CC2CC2)cc1NC(=O)c1ccc(-c2ccnc(F)c2)s1.Cc1cccc(-c2ccc(C(=O)Nc3cc(C(=O)CC4CC4)ccc3C)s2)c1. The first-order valence-electron chi connectivity index (χ1n) is 50.2. The Labute approximate surface area is 877 Å². The van der Waals surface area contributed by atoms with E-state index in [0.717, 1.165) is 151 Å². The summed E-state index contributed by atoms with van der Waals surface area (Å²) < 4.78 is 13.3. The third kappa shape index (κ3) is 29.5. The molecule has 0 atom stereocenters. The van der Waals surface area contributed by atoms with E-state index in [2.05, 4.69) is 87.9 Å². The third-order valence-corrected chi connectivity index (χ3v) is 32.1. The van der Waals surface area contributed by atoms with Gasteiger partial charge >= 0.3 is 0 Å². The molecule has 15 aromatic rings. The van der Waals surface area contributed by atoms with Crippen LogP contribution in [0.2, 0.25) is 0 Å². The number of ketones is 7. The summed E-state index contributed by atoms with van der Waals surface area (Å²) in [6.45, 7) is 17.6. The molecule has 5 saturated carbocycles. The Balaban J connectivity index is 0.000000131. The Morgan fingerprint density at radius 1 is 0.265 bits per heavy atom. The second-order valence-electron chi connectivity index (χ2n) is 38.8. The van der Waals surface area contributed by atoms with Crippen molar-refractivity contribution in [3.05, 3.63) is 375 Å². The molecule has 0 bridgehead atoms. The number of carbonyl (C=O) groups excluding carboxylic acids is 12. The number of rotatable bonds is 35. The van der Waals surface area contributed by atoms with Crippen molar-refractivity contribution in [2.75, 3.05) is 26.6 Å². The third-order valence-electron chi connectivity index (χ3n) is 26.5. The fraction of sp³-hybridized carbons (Fsp3) is 0.260. The van der Waals surface area contributed by atoms with Crippen molar-refractivity contribution in [2.45, 2.75) is 178 Å². The van der Waals surface area contributed by atoms with E-state index < -0.39 is 5.95 Å². The highest BCUT2D eigenvalue weighted by atomic mass is 32.1. The Kier molecular flexibility index (Phi) is 35.0. The molecule has 20 rings (SSSR count). The zero-order chi connectivity index (χ0) is 104. The lowest BCUT2D eigenvalue weighted by Gasteiger charge is -2.10. The molecule has 5 aliphatic carbocycles. The van der Waals surface area contributed by atoms with E-state index in [4.69, 9.17) is 0 Å². The number of benzene rings is 9. The average Bonchev–Trinajstić information content (AvgIpc) is 1.60. The van der Waals surface area contributed by atoms with Crippen LogP contribution in [0.25, 0.3) is 52.2 Å². The van der Waals surface area contributed by atoms with Gasteiger partial charge in [-0.15, -0.1) is 56.7 Å². The van der Waals surface area contributed by atoms with Crippen LogP contribution in [0.15, 0.2) is 267 Å². The van der Waals surface area contributed by atoms with Crippen molar-refractivity contribution in [1.82, 2.24) is 4.98 Å². The molecule has 5 N–H and O–H groups in total. The first-order chi connectivity index (χ1) is 70.9. The number of carbonyl (C=O) groups is 12. The monoisotopic (exact) mass is 2050 g/mol. The van der Waals surface area contributed by atoms with Gasteiger partial charge in [-0.25, -0.2) is 4.98 Å². The van der Waals surface area contributed by atoms with Crippen LogP contribution in [0, 0.1) is 84.0 Å². The van der Waals surface area contributed by atoms with E-state index in [9.17, 15) is 61.9 Å². The van der Waals surface area contributed by atoms with Crippen molar-refractivity contribution < 1.29 is 61.9 Å². The number of aromatic nitrogens is 1. The molecule has 24 heteroatoms. The standard InChI is InChI=1S/C27H27NO3S.C26H25NO3S.2C24H23NO2S.C22H19FN2O2S/c1-3-4-23(29)19-9-11-20(12-10-19)25-13-14-26(32-25)27(31)28-22-16-21(8-5-17(22)2)24(30)15-18-6-7-18;1-3-22(28)18-8-10-19(11-9-18)24-12-13-25(31-24)26(30)27-21-15-20(7-4-16(21)2)23(29)14-17-5-6-17;1-15-3-8-18(9-4-15)22-11-12-23(28-22)24(27)25-20-14-19(10-5-16(20)2)21(26)13-17-6-7-17;1-15-4-3-5-19(12-15)22-10-11-23(28-22)24(27)25-20-14-18(9-6-16(20)2)21(26)13-17-7-8-17;1-13-2-5-15(18(26)10-14-3-4-14)11-17(13)25-22(27)20-7-6-19(28-20)16-8-9-24-21(23)12-16/h5,8-14,16,18H,3-4,6-7,15H2,1-2H3,(H,28,31);4,7-13,15,17H,3,5-6,14H2,1-2H3,(H,27,30);3-5,8-12,14,17H,6-7,13H2,1-2H3,(H,25,27);3-6,9-12,14,17H,7-8,13H2,1-2H3,(H,25,27);2,5-9,11-12,14H,3-4,10H2,1H3,(H,25,27). The summed E-state index contributed by atoms with van der Waals surface area (Å²) in [5.74, 6) is 2.23. The maximum absolute atomic E-state index is 13.3. The number of halogens is 1. The van der Waals surface area contributed by atoms with Gasteiger partial charge in [-0.2, -0.15) is 4.39 Å². The lowest BCUT2D eigenvalue weighted by molar-refractivity contribution is 0.0968. The van der Waals surface area contributed by atoms with E-state index in [1.54, 1.807) is 42.5 Å². The number of thiophene rings is 5. The van der Waals surface area contributed by atoms with Gasteiger partial charge in [-0.1, -0.05) is 183 Å². The van der Waals surface area contributed by atoms with Crippen LogP contribution >= 0.6 is 56.7 Å². The van der Waals surface area contributed by atoms with Crippen molar-refractivity contribution in [3.63, 3.8) is 0 Å². The fourth-order valence-corrected chi connectivity index (χ4v) is 21.0. The van der Waals surface area contributed by atoms with E-state index in [1.807, 2.05) is 218 Å². The summed E-state index contributed by atoms with van der Waals surface area (Å²) in [4.78, 5) is 161. The molecular formula is C123H117FN6O12S5. The molecule has 5 aliphatic rings. The van der Waals surface area contributed by atoms with Crippen LogP contribution in [-0.4, -0.2) is 75.0 Å². The normalized spacial score (nSPS) is 13.2. The lowest BCUT2D eigenvalue weighted by atomic mass is 10.0. The molecule has 5 amide bonds. The predicted octanol–water partition coefficient (Wildman–Crippen LogP) is 31.5. The minimum absolute atomic E-state index is 0.117. The Morgan fingerprint density at radius 2 is 0.524 bits per heavy atom. The van der Waals surface area contributed by atoms with Gasteiger partial charge in [-0.3, -0.25) is 57.5 Å². The van der Waals surface area contributed by atoms with Crippen LogP contribution in [-0.2, 0) is 0 Å². The van der Waals surface area contributed by atoms with E-state index in [1.165, 1.54) is 80.1 Å². The number of pyridine rings is 1. The second kappa shape index (κ2) is 48.7. The lowest BCUT2D eigenvalue weighted by Crippen LogP contribution is -2.12. The highest BCUT2D eigenvalue weighted by molar-refractivity contribution is 7.19. The number of nitrogens with one attached hydrogen (secondary N) is 5. The fourth-order valence-electron chi connectivity index (χ4n) is 16.4. The minimum atomic E-state index is -0.555. The smallest absolute Gasteiger partial charge is 0.265 e. The molecule has 0 radical (unpaired) electrons. The molecule has 748 valence electrons. The number of hydrogen-bond donors (Lipinski definition) is 5. The largest absolute Gasteiger partial charge is 0.321 e. The van der Waals surface area contributed by atoms with Gasteiger partial charge in [-0.05, 0) is 301 Å². The van der Waals surface area contributed by atoms with Gasteiger partial charge in [0.05, 0.1) is 24.4 Å². The summed E-state index contributed by atoms with van der Waals surface area (Å²) >= 11 is 7.04. The predicted molar refractivity (Wildman–Crippen MR) is 594 cm³/mol. The van der Waals surface area contributed by atoms with Gasteiger partial charge in [0.2, 0.25) is 5.95 Å². The van der Waals surface area contributed by atoms with Crippen molar-refractivity contribution in [3.8, 4) is 52.2 Å². The van der Waals surface area contributed by atoms with Crippen LogP contribution in [0.5, 0.6) is 0 Å². The van der Waals surface area contributed by atoms with E-state index in [0.29, 0.717) is 166 Å². The number of Topliss-reactive ketones (excluding diaryl/α,β-unsaturated/α-hetero) is 7. The number of amides is 5. The first kappa shape index (κ1) is 105. The summed E-state index contributed by atoms with van der Waals surface area (Å²) in [6.07, 6.45) is 17.7. The van der Waals surface area contributed by atoms with Crippen molar-refractivity contribution in [1.29, 1.82) is 0 Å². The van der Waals surface area contributed by atoms with Crippen LogP contribution < -0.4 is 26.6 Å². The average molecular weight is 2050 g/mol. The second-order valence-corrected chi connectivity index (χ2v) is 44.2. The number of nitrogens with zero attached hydrogens (tertiary/aromatic N) is 1. The summed E-state index contributed by atoms with van der Waals surface area (Å²) in [6, 6.07) is 80.8. The van der Waals surface area contributed by atoms with Crippen LogP contribution in [0.4, 0.5) is 32.8 Å². The molecule has 6 heterocycles. The first-order valence-corrected chi connectivity index (χ1v) is 54.2.